The third kappa shape index (κ3) is 19.7. The van der Waals surface area contributed by atoms with Gasteiger partial charge in [-0.15, -0.1) is 0 Å². The highest BCUT2D eigenvalue weighted by Crippen LogP contribution is 2.30. The lowest BCUT2D eigenvalue weighted by atomic mass is 9.77. The Hall–Kier alpha value is -0.610. The summed E-state index contributed by atoms with van der Waals surface area (Å²) in [6, 6.07) is -0.752. The lowest BCUT2D eigenvalue weighted by Gasteiger charge is -2.30. The molecule has 0 aliphatic carbocycles. The van der Waals surface area contributed by atoms with Crippen LogP contribution in [0.15, 0.2) is 0 Å². The zero-order valence-electron chi connectivity index (χ0n) is 23.2. The molecule has 0 aromatic carbocycles. The Kier molecular flexibility index (Phi) is 25.0. The van der Waals surface area contributed by atoms with Gasteiger partial charge in [-0.05, 0) is 31.2 Å². The van der Waals surface area contributed by atoms with Crippen molar-refractivity contribution in [2.24, 2.45) is 23.3 Å². The molecular formula is C30H62N2O2. The van der Waals surface area contributed by atoms with E-state index in [0.717, 1.165) is 25.7 Å². The number of nitrogens with two attached hydrogens (primary N) is 2. The summed E-state index contributed by atoms with van der Waals surface area (Å²) in [5, 5.41) is 9.62. The molecule has 0 rings (SSSR count). The molecule has 5 N–H and O–H groups in total. The first-order chi connectivity index (χ1) is 16.6. The fourth-order valence-electron chi connectivity index (χ4n) is 5.44. The SMILES string of the molecule is CCCCCCCCCCCCC(CCN)C(CCCCCCCCCCCC)C(N)C(=O)O. The Bertz CT molecular complexity index is 430. The van der Waals surface area contributed by atoms with Crippen molar-refractivity contribution in [2.45, 2.75) is 168 Å². The molecule has 3 atom stereocenters. The van der Waals surface area contributed by atoms with E-state index in [1.54, 1.807) is 0 Å². The molecule has 3 unspecified atom stereocenters. The number of rotatable bonds is 27. The van der Waals surface area contributed by atoms with E-state index in [-0.39, 0.29) is 5.92 Å². The normalized spacial score (nSPS) is 14.2. The molecule has 0 radical (unpaired) electrons. The number of carboxylic acids is 1. The van der Waals surface area contributed by atoms with Gasteiger partial charge < -0.3 is 16.6 Å². The lowest BCUT2D eigenvalue weighted by Crippen LogP contribution is -2.42. The molecule has 34 heavy (non-hydrogen) atoms. The summed E-state index contributed by atoms with van der Waals surface area (Å²) in [6.45, 7) is 5.16. The van der Waals surface area contributed by atoms with Gasteiger partial charge in [0, 0.05) is 0 Å². The molecule has 0 aliphatic heterocycles. The molecule has 0 heterocycles. The molecule has 0 amide bonds. The molecule has 4 heteroatoms. The van der Waals surface area contributed by atoms with Gasteiger partial charge in [0.2, 0.25) is 0 Å². The lowest BCUT2D eigenvalue weighted by molar-refractivity contribution is -0.140. The van der Waals surface area contributed by atoms with Crippen molar-refractivity contribution in [1.29, 1.82) is 0 Å². The monoisotopic (exact) mass is 482 g/mol. The topological polar surface area (TPSA) is 89.3 Å². The zero-order valence-corrected chi connectivity index (χ0v) is 23.2. The van der Waals surface area contributed by atoms with Crippen LogP contribution in [0, 0.1) is 11.8 Å². The largest absolute Gasteiger partial charge is 0.480 e. The van der Waals surface area contributed by atoms with Crippen LogP contribution in [0.4, 0.5) is 0 Å². The van der Waals surface area contributed by atoms with Crippen molar-refractivity contribution in [3.05, 3.63) is 0 Å². The Morgan fingerprint density at radius 1 is 0.588 bits per heavy atom. The van der Waals surface area contributed by atoms with Crippen LogP contribution in [-0.4, -0.2) is 23.7 Å². The van der Waals surface area contributed by atoms with Gasteiger partial charge in [0.05, 0.1) is 0 Å². The molecule has 0 aromatic heterocycles. The average Bonchev–Trinajstić information content (AvgIpc) is 2.83. The van der Waals surface area contributed by atoms with Gasteiger partial charge in [-0.3, -0.25) is 4.79 Å². The first-order valence-electron chi connectivity index (χ1n) is 15.3. The zero-order chi connectivity index (χ0) is 25.3. The van der Waals surface area contributed by atoms with Gasteiger partial charge in [0.15, 0.2) is 0 Å². The van der Waals surface area contributed by atoms with Gasteiger partial charge in [0.25, 0.3) is 0 Å². The number of carboxylic acid groups (broad SMARTS) is 1. The van der Waals surface area contributed by atoms with E-state index in [0.29, 0.717) is 12.5 Å². The van der Waals surface area contributed by atoms with Crippen LogP contribution in [0.5, 0.6) is 0 Å². The number of hydrogen-bond donors (Lipinski definition) is 3. The summed E-state index contributed by atoms with van der Waals surface area (Å²) >= 11 is 0. The fraction of sp³-hybridized carbons (Fsp3) is 0.967. The van der Waals surface area contributed by atoms with Crippen molar-refractivity contribution >= 4 is 5.97 Å². The predicted octanol–water partition coefficient (Wildman–Crippen LogP) is 8.60. The van der Waals surface area contributed by atoms with Gasteiger partial charge >= 0.3 is 5.97 Å². The highest BCUT2D eigenvalue weighted by atomic mass is 16.4. The molecule has 0 aliphatic rings. The summed E-state index contributed by atoms with van der Waals surface area (Å²) in [5.74, 6) is -0.431. The van der Waals surface area contributed by atoms with E-state index in [4.69, 9.17) is 11.5 Å². The maximum absolute atomic E-state index is 11.7. The van der Waals surface area contributed by atoms with Crippen molar-refractivity contribution in [2.75, 3.05) is 6.54 Å². The summed E-state index contributed by atoms with van der Waals surface area (Å²) in [4.78, 5) is 11.7. The fourth-order valence-corrected chi connectivity index (χ4v) is 5.44. The van der Waals surface area contributed by atoms with Crippen LogP contribution in [0.3, 0.4) is 0 Å². The second-order valence-electron chi connectivity index (χ2n) is 10.8. The second-order valence-corrected chi connectivity index (χ2v) is 10.8. The number of unbranched alkanes of at least 4 members (excludes halogenated alkanes) is 18. The van der Waals surface area contributed by atoms with Crippen molar-refractivity contribution in [3.63, 3.8) is 0 Å². The molecule has 0 saturated heterocycles. The van der Waals surface area contributed by atoms with E-state index in [1.807, 2.05) is 0 Å². The summed E-state index contributed by atoms with van der Waals surface area (Å²) < 4.78 is 0. The van der Waals surface area contributed by atoms with E-state index >= 15 is 0 Å². The van der Waals surface area contributed by atoms with E-state index < -0.39 is 12.0 Å². The Morgan fingerprint density at radius 2 is 0.941 bits per heavy atom. The highest BCUT2D eigenvalue weighted by molar-refractivity contribution is 5.73. The van der Waals surface area contributed by atoms with Gasteiger partial charge in [0.1, 0.15) is 6.04 Å². The second kappa shape index (κ2) is 25.5. The third-order valence-electron chi connectivity index (χ3n) is 7.71. The molecule has 0 spiro atoms. The van der Waals surface area contributed by atoms with Crippen LogP contribution < -0.4 is 11.5 Å². The standard InChI is InChI=1S/C30H62N2O2/c1-3-5-7-9-11-13-15-17-19-21-23-27(25-26-31)28(29(32)30(33)34)24-22-20-18-16-14-12-10-8-6-4-2/h27-29H,3-26,31-32H2,1-2H3,(H,33,34). The van der Waals surface area contributed by atoms with E-state index in [9.17, 15) is 9.90 Å². The molecule has 0 saturated carbocycles. The van der Waals surface area contributed by atoms with E-state index in [1.165, 1.54) is 122 Å². The number of carbonyl (C=O) groups is 1. The molecular weight excluding hydrogens is 420 g/mol. The van der Waals surface area contributed by atoms with E-state index in [2.05, 4.69) is 13.8 Å². The quantitative estimate of drug-likeness (QED) is 0.102. The first-order valence-corrected chi connectivity index (χ1v) is 15.3. The van der Waals surface area contributed by atoms with Crippen LogP contribution in [0.25, 0.3) is 0 Å². The Morgan fingerprint density at radius 3 is 1.29 bits per heavy atom. The summed E-state index contributed by atoms with van der Waals surface area (Å²) in [6.07, 6.45) is 29.2. The summed E-state index contributed by atoms with van der Waals surface area (Å²) in [7, 11) is 0. The molecule has 0 fully saturated rings. The molecule has 4 nitrogen and oxygen atoms in total. The minimum atomic E-state index is -0.845. The van der Waals surface area contributed by atoms with Gasteiger partial charge in [-0.2, -0.15) is 0 Å². The third-order valence-corrected chi connectivity index (χ3v) is 7.71. The van der Waals surface area contributed by atoms with Crippen molar-refractivity contribution in [1.82, 2.24) is 0 Å². The highest BCUT2D eigenvalue weighted by Gasteiger charge is 2.30. The van der Waals surface area contributed by atoms with Crippen LogP contribution in [-0.2, 0) is 4.79 Å². The van der Waals surface area contributed by atoms with Crippen LogP contribution in [0.2, 0.25) is 0 Å². The average molecular weight is 483 g/mol. The maximum atomic E-state index is 11.7. The molecule has 0 aromatic rings. The Balaban J connectivity index is 4.21. The van der Waals surface area contributed by atoms with Gasteiger partial charge in [-0.25, -0.2) is 0 Å². The van der Waals surface area contributed by atoms with Crippen molar-refractivity contribution < 1.29 is 9.90 Å². The minimum absolute atomic E-state index is 0.0636. The maximum Gasteiger partial charge on any atom is 0.320 e. The number of hydrogen-bond acceptors (Lipinski definition) is 3. The molecule has 0 bridgehead atoms. The molecule has 204 valence electrons. The van der Waals surface area contributed by atoms with Gasteiger partial charge in [-0.1, -0.05) is 149 Å². The van der Waals surface area contributed by atoms with Crippen molar-refractivity contribution in [3.8, 4) is 0 Å². The first kappa shape index (κ1) is 33.4. The number of aliphatic carboxylic acids is 1. The van der Waals surface area contributed by atoms with Crippen LogP contribution in [0.1, 0.15) is 162 Å². The Labute approximate surface area is 213 Å². The predicted molar refractivity (Wildman–Crippen MR) is 149 cm³/mol. The smallest absolute Gasteiger partial charge is 0.320 e. The minimum Gasteiger partial charge on any atom is -0.480 e. The van der Waals surface area contributed by atoms with Crippen LogP contribution >= 0.6 is 0 Å². The summed E-state index contributed by atoms with van der Waals surface area (Å²) in [5.41, 5.74) is 12.1.